The molecule has 0 saturated heterocycles. The van der Waals surface area contributed by atoms with Crippen LogP contribution in [-0.2, 0) is 6.42 Å². The summed E-state index contributed by atoms with van der Waals surface area (Å²) in [5.74, 6) is 3.24. The predicted molar refractivity (Wildman–Crippen MR) is 93.4 cm³/mol. The van der Waals surface area contributed by atoms with Crippen LogP contribution < -0.4 is 29.4 Å². The molecule has 0 fully saturated rings. The Morgan fingerprint density at radius 1 is 1.08 bits per heavy atom. The fraction of sp³-hybridized carbons (Fsp3) is 0.300. The first-order chi connectivity index (χ1) is 12.3. The Labute approximate surface area is 145 Å². The zero-order valence-corrected chi connectivity index (χ0v) is 14.2. The van der Waals surface area contributed by atoms with Crippen LogP contribution in [0.5, 0.6) is 23.0 Å². The number of fused-ring (bicyclic) bond motifs is 5. The second kappa shape index (κ2) is 5.34. The fourth-order valence-corrected chi connectivity index (χ4v) is 3.97. The van der Waals surface area contributed by atoms with Crippen molar-refractivity contribution in [2.45, 2.75) is 12.5 Å². The lowest BCUT2D eigenvalue weighted by atomic mass is 9.90. The first-order valence-electron chi connectivity index (χ1n) is 8.41. The lowest BCUT2D eigenvalue weighted by Crippen LogP contribution is -2.41. The number of nitrogens with zero attached hydrogens (tertiary/aromatic N) is 1. The molecule has 2 aromatic carbocycles. The van der Waals surface area contributed by atoms with Crippen LogP contribution in [0.4, 0.5) is 0 Å². The average Bonchev–Trinajstić information content (AvgIpc) is 3.11. The zero-order valence-electron chi connectivity index (χ0n) is 14.2. The second-order valence-corrected chi connectivity index (χ2v) is 6.44. The molecule has 5 rings (SSSR count). The third kappa shape index (κ3) is 2.08. The summed E-state index contributed by atoms with van der Waals surface area (Å²) in [6, 6.07) is 8.51. The maximum atomic E-state index is 5.60. The smallest absolute Gasteiger partial charge is 0.231 e. The van der Waals surface area contributed by atoms with Crippen molar-refractivity contribution in [1.29, 1.82) is 0 Å². The van der Waals surface area contributed by atoms with Crippen LogP contribution in [0.25, 0.3) is 12.3 Å². The summed E-state index contributed by atoms with van der Waals surface area (Å²) in [7, 11) is 3.35. The average molecular weight is 337 g/mol. The van der Waals surface area contributed by atoms with Gasteiger partial charge in [-0.05, 0) is 47.0 Å². The number of benzene rings is 2. The van der Waals surface area contributed by atoms with E-state index < -0.39 is 0 Å². The SMILES string of the molecule is COc1ccc2c(c1OC)=CN1CCc3cc4c(cc3[C@@H]1C=2)OCO4. The van der Waals surface area contributed by atoms with Crippen LogP contribution in [0.3, 0.4) is 0 Å². The van der Waals surface area contributed by atoms with E-state index in [1.807, 2.05) is 6.07 Å². The number of ether oxygens (including phenoxy) is 4. The molecule has 3 aliphatic rings. The van der Waals surface area contributed by atoms with Gasteiger partial charge in [-0.2, -0.15) is 0 Å². The molecule has 0 aliphatic carbocycles. The van der Waals surface area contributed by atoms with Crippen LogP contribution in [0.2, 0.25) is 0 Å². The molecule has 0 N–H and O–H groups in total. The Morgan fingerprint density at radius 2 is 1.92 bits per heavy atom. The zero-order chi connectivity index (χ0) is 17.0. The van der Waals surface area contributed by atoms with Gasteiger partial charge in [0, 0.05) is 18.0 Å². The van der Waals surface area contributed by atoms with Gasteiger partial charge in [0.15, 0.2) is 23.0 Å². The molecule has 0 saturated carbocycles. The Balaban J connectivity index is 1.69. The summed E-state index contributed by atoms with van der Waals surface area (Å²) >= 11 is 0. The summed E-state index contributed by atoms with van der Waals surface area (Å²) in [5.41, 5.74) is 2.62. The first-order valence-corrected chi connectivity index (χ1v) is 8.41. The van der Waals surface area contributed by atoms with Gasteiger partial charge in [0.2, 0.25) is 6.79 Å². The molecule has 3 heterocycles. The molecular formula is C20H19NO4. The van der Waals surface area contributed by atoms with E-state index in [2.05, 4.69) is 35.4 Å². The van der Waals surface area contributed by atoms with Gasteiger partial charge in [0.25, 0.3) is 0 Å². The van der Waals surface area contributed by atoms with Crippen molar-refractivity contribution in [1.82, 2.24) is 4.90 Å². The third-order valence-corrected chi connectivity index (χ3v) is 5.20. The Hall–Kier alpha value is -2.82. The second-order valence-electron chi connectivity index (χ2n) is 6.44. The highest BCUT2D eigenvalue weighted by Crippen LogP contribution is 2.41. The van der Waals surface area contributed by atoms with Crippen molar-refractivity contribution in [3.05, 3.63) is 45.8 Å². The molecule has 3 aliphatic heterocycles. The molecule has 5 nitrogen and oxygen atoms in total. The molecule has 0 amide bonds. The lowest BCUT2D eigenvalue weighted by Gasteiger charge is -2.37. The van der Waals surface area contributed by atoms with Crippen molar-refractivity contribution < 1.29 is 18.9 Å². The standard InChI is InChI=1S/C20H19NO4/c1-22-17-4-3-12-7-16-14-9-19-18(24-11-25-19)8-13(14)5-6-21(16)10-15(12)20(17)23-2/h3-4,7-10,16H,5-6,11H2,1-2H3/t16-/m0/s1. The highest BCUT2D eigenvalue weighted by molar-refractivity contribution is 5.59. The first kappa shape index (κ1) is 14.5. The van der Waals surface area contributed by atoms with E-state index in [1.165, 1.54) is 11.1 Å². The van der Waals surface area contributed by atoms with Gasteiger partial charge >= 0.3 is 0 Å². The predicted octanol–water partition coefficient (Wildman–Crippen LogP) is 1.56. The van der Waals surface area contributed by atoms with Crippen molar-refractivity contribution in [2.24, 2.45) is 0 Å². The van der Waals surface area contributed by atoms with Crippen LogP contribution in [0.1, 0.15) is 17.2 Å². The van der Waals surface area contributed by atoms with Crippen LogP contribution in [-0.4, -0.2) is 32.5 Å². The largest absolute Gasteiger partial charge is 0.493 e. The maximum Gasteiger partial charge on any atom is 0.231 e. The molecule has 0 spiro atoms. The van der Waals surface area contributed by atoms with Crippen molar-refractivity contribution in [3.8, 4) is 23.0 Å². The van der Waals surface area contributed by atoms with Gasteiger partial charge in [0.05, 0.1) is 20.3 Å². The van der Waals surface area contributed by atoms with Gasteiger partial charge < -0.3 is 23.8 Å². The number of rotatable bonds is 2. The minimum absolute atomic E-state index is 0.198. The summed E-state index contributed by atoms with van der Waals surface area (Å²) in [5, 5.41) is 2.23. The van der Waals surface area contributed by atoms with Crippen molar-refractivity contribution in [2.75, 3.05) is 27.6 Å². The van der Waals surface area contributed by atoms with Gasteiger partial charge in [-0.25, -0.2) is 0 Å². The normalized spacial score (nSPS) is 19.1. The Bertz CT molecular complexity index is 982. The Kier molecular flexibility index (Phi) is 3.10. The summed E-state index contributed by atoms with van der Waals surface area (Å²) in [4.78, 5) is 2.36. The minimum Gasteiger partial charge on any atom is -0.493 e. The van der Waals surface area contributed by atoms with E-state index in [4.69, 9.17) is 18.9 Å². The minimum atomic E-state index is 0.198. The maximum absolute atomic E-state index is 5.60. The van der Waals surface area contributed by atoms with Gasteiger partial charge in [-0.15, -0.1) is 0 Å². The third-order valence-electron chi connectivity index (χ3n) is 5.20. The molecule has 0 radical (unpaired) electrons. The van der Waals surface area contributed by atoms with E-state index in [1.54, 1.807) is 14.2 Å². The van der Waals surface area contributed by atoms with Crippen LogP contribution in [0.15, 0.2) is 24.3 Å². The van der Waals surface area contributed by atoms with Gasteiger partial charge in [0.1, 0.15) is 0 Å². The molecule has 0 aromatic heterocycles. The monoisotopic (exact) mass is 337 g/mol. The molecule has 1 atom stereocenters. The molecule has 25 heavy (non-hydrogen) atoms. The lowest BCUT2D eigenvalue weighted by molar-refractivity contribution is 0.174. The van der Waals surface area contributed by atoms with Crippen LogP contribution >= 0.6 is 0 Å². The number of hydrogen-bond acceptors (Lipinski definition) is 5. The topological polar surface area (TPSA) is 40.2 Å². The molecule has 128 valence electrons. The molecule has 0 unspecified atom stereocenters. The summed E-state index contributed by atoms with van der Waals surface area (Å²) in [6.07, 6.45) is 5.46. The molecule has 2 aromatic rings. The van der Waals surface area contributed by atoms with E-state index in [0.717, 1.165) is 46.4 Å². The number of methoxy groups -OCH3 is 2. The van der Waals surface area contributed by atoms with E-state index in [9.17, 15) is 0 Å². The Morgan fingerprint density at radius 3 is 2.72 bits per heavy atom. The summed E-state index contributed by atoms with van der Waals surface area (Å²) < 4.78 is 22.1. The fourth-order valence-electron chi connectivity index (χ4n) is 3.97. The molecule has 0 bridgehead atoms. The van der Waals surface area contributed by atoms with Crippen LogP contribution in [0, 0.1) is 0 Å². The quantitative estimate of drug-likeness (QED) is 0.832. The highest BCUT2D eigenvalue weighted by Gasteiger charge is 2.29. The molecule has 5 heteroatoms. The van der Waals surface area contributed by atoms with E-state index in [0.29, 0.717) is 6.79 Å². The summed E-state index contributed by atoms with van der Waals surface area (Å²) in [6.45, 7) is 1.26. The highest BCUT2D eigenvalue weighted by atomic mass is 16.7. The van der Waals surface area contributed by atoms with Crippen molar-refractivity contribution >= 4 is 12.3 Å². The van der Waals surface area contributed by atoms with Crippen molar-refractivity contribution in [3.63, 3.8) is 0 Å². The van der Waals surface area contributed by atoms with Gasteiger partial charge in [-0.1, -0.05) is 6.07 Å². The van der Waals surface area contributed by atoms with E-state index >= 15 is 0 Å². The van der Waals surface area contributed by atoms with E-state index in [-0.39, 0.29) is 6.04 Å². The molecular weight excluding hydrogens is 318 g/mol. The van der Waals surface area contributed by atoms with Gasteiger partial charge in [-0.3, -0.25) is 0 Å². The number of hydrogen-bond donors (Lipinski definition) is 0.